The molecule has 0 saturated carbocycles. The van der Waals surface area contributed by atoms with Crippen LogP contribution in [0, 0.1) is 6.92 Å². The molecule has 4 heterocycles. The Kier molecular flexibility index (Phi) is 6.77. The molecule has 31 heavy (non-hydrogen) atoms. The Morgan fingerprint density at radius 3 is 2.87 bits per heavy atom. The molecular formula is C23H33N5O2S. The fraction of sp³-hybridized carbons (Fsp3) is 0.609. The van der Waals surface area contributed by atoms with Gasteiger partial charge in [0.15, 0.2) is 0 Å². The van der Waals surface area contributed by atoms with Crippen molar-refractivity contribution in [3.05, 3.63) is 33.2 Å². The van der Waals surface area contributed by atoms with E-state index in [4.69, 9.17) is 0 Å². The summed E-state index contributed by atoms with van der Waals surface area (Å²) >= 11 is 1.67. The van der Waals surface area contributed by atoms with Crippen LogP contribution in [0.4, 0.5) is 0 Å². The normalized spacial score (nSPS) is 17.6. The second-order valence-corrected chi connectivity index (χ2v) is 9.79. The van der Waals surface area contributed by atoms with Gasteiger partial charge in [-0.1, -0.05) is 20.3 Å². The highest BCUT2D eigenvalue weighted by molar-refractivity contribution is 7.19. The molecule has 3 aromatic rings. The first-order valence-electron chi connectivity index (χ1n) is 11.5. The van der Waals surface area contributed by atoms with Gasteiger partial charge in [-0.3, -0.25) is 14.0 Å². The first-order chi connectivity index (χ1) is 15.0. The Labute approximate surface area is 187 Å². The Morgan fingerprint density at radius 2 is 2.10 bits per heavy atom. The van der Waals surface area contributed by atoms with Gasteiger partial charge < -0.3 is 10.2 Å². The molecule has 1 saturated heterocycles. The lowest BCUT2D eigenvalue weighted by molar-refractivity contribution is -0.121. The summed E-state index contributed by atoms with van der Waals surface area (Å²) in [6, 6.07) is 4.70. The van der Waals surface area contributed by atoms with Crippen molar-refractivity contribution in [2.24, 2.45) is 0 Å². The Balaban J connectivity index is 1.40. The third kappa shape index (κ3) is 4.55. The Bertz CT molecular complexity index is 1130. The molecule has 0 spiro atoms. The van der Waals surface area contributed by atoms with E-state index >= 15 is 0 Å². The maximum Gasteiger partial charge on any atom is 0.291 e. The van der Waals surface area contributed by atoms with Crippen molar-refractivity contribution in [2.75, 3.05) is 19.6 Å². The molecule has 0 unspecified atom stereocenters. The second-order valence-electron chi connectivity index (χ2n) is 8.50. The minimum absolute atomic E-state index is 0.0402. The van der Waals surface area contributed by atoms with Crippen LogP contribution in [0.2, 0.25) is 0 Å². The summed E-state index contributed by atoms with van der Waals surface area (Å²) in [5, 5.41) is 7.49. The van der Waals surface area contributed by atoms with Crippen molar-refractivity contribution in [2.45, 2.75) is 71.9 Å². The quantitative estimate of drug-likeness (QED) is 0.542. The lowest BCUT2D eigenvalue weighted by Crippen LogP contribution is -2.41. The molecule has 8 heteroatoms. The molecular weight excluding hydrogens is 410 g/mol. The van der Waals surface area contributed by atoms with Crippen molar-refractivity contribution in [1.82, 2.24) is 24.4 Å². The molecule has 0 aliphatic carbocycles. The smallest absolute Gasteiger partial charge is 0.291 e. The largest absolute Gasteiger partial charge is 0.354 e. The van der Waals surface area contributed by atoms with E-state index in [1.54, 1.807) is 11.3 Å². The van der Waals surface area contributed by atoms with Crippen LogP contribution in [0.5, 0.6) is 0 Å². The van der Waals surface area contributed by atoms with E-state index in [1.165, 1.54) is 41.8 Å². The maximum absolute atomic E-state index is 13.0. The number of thiophene rings is 1. The summed E-state index contributed by atoms with van der Waals surface area (Å²) < 4.78 is 4.34. The van der Waals surface area contributed by atoms with E-state index in [0.717, 1.165) is 29.0 Å². The summed E-state index contributed by atoms with van der Waals surface area (Å²) in [5.74, 6) is 0.641. The Hall–Kier alpha value is -2.19. The molecule has 7 nitrogen and oxygen atoms in total. The SMILES string of the molecule is CCc1nn(CC(=O)NCCCN2CCCC[C@H]2CC)c(=O)c2cc3sc(C)cc3n12. The van der Waals surface area contributed by atoms with Crippen molar-refractivity contribution in [1.29, 1.82) is 0 Å². The molecule has 0 bridgehead atoms. The monoisotopic (exact) mass is 443 g/mol. The summed E-state index contributed by atoms with van der Waals surface area (Å²) in [7, 11) is 0. The third-order valence-corrected chi connectivity index (χ3v) is 7.32. The molecule has 1 aliphatic rings. The van der Waals surface area contributed by atoms with Crippen LogP contribution in [0.15, 0.2) is 16.9 Å². The van der Waals surface area contributed by atoms with Crippen LogP contribution in [0.1, 0.15) is 56.7 Å². The number of nitrogens with one attached hydrogen (secondary N) is 1. The summed E-state index contributed by atoms with van der Waals surface area (Å²) in [5.41, 5.74) is 1.41. The standard InChI is InChI=1S/C23H33N5O2S/c1-4-17-9-6-7-11-26(17)12-8-10-24-22(29)15-27-23(30)19-14-20-18(13-16(3)31-20)28(19)21(5-2)25-27/h13-14,17H,4-12,15H2,1-3H3,(H,24,29)/t17-/m1/s1. The van der Waals surface area contributed by atoms with Crippen LogP contribution < -0.4 is 10.9 Å². The van der Waals surface area contributed by atoms with Gasteiger partial charge in [0.2, 0.25) is 5.91 Å². The van der Waals surface area contributed by atoms with E-state index in [-0.39, 0.29) is 18.0 Å². The minimum atomic E-state index is -0.215. The van der Waals surface area contributed by atoms with Crippen molar-refractivity contribution in [3.8, 4) is 0 Å². The number of hydrogen-bond donors (Lipinski definition) is 1. The van der Waals surface area contributed by atoms with Gasteiger partial charge in [-0.25, -0.2) is 4.68 Å². The molecule has 1 atom stereocenters. The first-order valence-corrected chi connectivity index (χ1v) is 12.4. The predicted octanol–water partition coefficient (Wildman–Crippen LogP) is 3.35. The predicted molar refractivity (Wildman–Crippen MR) is 126 cm³/mol. The molecule has 0 aromatic carbocycles. The van der Waals surface area contributed by atoms with Crippen molar-refractivity contribution in [3.63, 3.8) is 0 Å². The number of rotatable bonds is 8. The van der Waals surface area contributed by atoms with Crippen LogP contribution in [0.3, 0.4) is 0 Å². The average Bonchev–Trinajstić information content (AvgIpc) is 3.30. The molecule has 1 amide bonds. The second kappa shape index (κ2) is 9.53. The van der Waals surface area contributed by atoms with Crippen LogP contribution >= 0.6 is 11.3 Å². The van der Waals surface area contributed by atoms with E-state index in [0.29, 0.717) is 24.5 Å². The van der Waals surface area contributed by atoms with E-state index < -0.39 is 0 Å². The first kappa shape index (κ1) is 22.0. The van der Waals surface area contributed by atoms with Gasteiger partial charge in [-0.15, -0.1) is 11.3 Å². The zero-order valence-electron chi connectivity index (χ0n) is 18.8. The van der Waals surface area contributed by atoms with E-state index in [2.05, 4.69) is 35.2 Å². The summed E-state index contributed by atoms with van der Waals surface area (Å²) in [6.45, 7) is 9.11. The van der Waals surface area contributed by atoms with Crippen molar-refractivity contribution >= 4 is 33.0 Å². The van der Waals surface area contributed by atoms with Gasteiger partial charge in [0.25, 0.3) is 5.56 Å². The maximum atomic E-state index is 13.0. The van der Waals surface area contributed by atoms with Gasteiger partial charge in [0, 0.05) is 30.4 Å². The average molecular weight is 444 g/mol. The number of carbonyl (C=O) groups excluding carboxylic acids is 1. The molecule has 168 valence electrons. The number of piperidine rings is 1. The van der Waals surface area contributed by atoms with Crippen molar-refractivity contribution < 1.29 is 4.79 Å². The number of fused-ring (bicyclic) bond motifs is 3. The fourth-order valence-electron chi connectivity index (χ4n) is 4.77. The topological polar surface area (TPSA) is 71.6 Å². The number of hydrogen-bond acceptors (Lipinski definition) is 5. The van der Waals surface area contributed by atoms with Crippen LogP contribution in [-0.4, -0.2) is 50.7 Å². The highest BCUT2D eigenvalue weighted by Gasteiger charge is 2.20. The lowest BCUT2D eigenvalue weighted by Gasteiger charge is -2.35. The molecule has 0 radical (unpaired) electrons. The van der Waals surface area contributed by atoms with Gasteiger partial charge in [-0.05, 0) is 51.3 Å². The molecule has 1 aliphatic heterocycles. The minimum Gasteiger partial charge on any atom is -0.354 e. The number of carbonyl (C=O) groups is 1. The number of amides is 1. The van der Waals surface area contributed by atoms with Gasteiger partial charge >= 0.3 is 0 Å². The van der Waals surface area contributed by atoms with Gasteiger partial charge in [0.1, 0.15) is 17.9 Å². The number of aryl methyl sites for hydroxylation is 2. The lowest BCUT2D eigenvalue weighted by atomic mass is 10.00. The summed E-state index contributed by atoms with van der Waals surface area (Å²) in [4.78, 5) is 29.3. The third-order valence-electron chi connectivity index (χ3n) is 6.34. The van der Waals surface area contributed by atoms with Gasteiger partial charge in [0.05, 0.1) is 10.2 Å². The molecule has 4 rings (SSSR count). The van der Waals surface area contributed by atoms with Gasteiger partial charge in [-0.2, -0.15) is 5.10 Å². The highest BCUT2D eigenvalue weighted by Crippen LogP contribution is 2.28. The Morgan fingerprint density at radius 1 is 1.26 bits per heavy atom. The fourth-order valence-corrected chi connectivity index (χ4v) is 5.71. The molecule has 3 aromatic heterocycles. The molecule has 1 N–H and O–H groups in total. The number of likely N-dealkylation sites (tertiary alicyclic amines) is 1. The van der Waals surface area contributed by atoms with E-state index in [9.17, 15) is 9.59 Å². The van der Waals surface area contributed by atoms with Crippen LogP contribution in [-0.2, 0) is 17.8 Å². The van der Waals surface area contributed by atoms with Crippen LogP contribution in [0.25, 0.3) is 15.7 Å². The van der Waals surface area contributed by atoms with E-state index in [1.807, 2.05) is 17.4 Å². The summed E-state index contributed by atoms with van der Waals surface area (Å²) in [6.07, 6.45) is 6.70. The number of nitrogens with zero attached hydrogens (tertiary/aromatic N) is 4. The number of aromatic nitrogens is 3. The highest BCUT2D eigenvalue weighted by atomic mass is 32.1. The zero-order chi connectivity index (χ0) is 22.0. The molecule has 1 fully saturated rings. The zero-order valence-corrected chi connectivity index (χ0v) is 19.6.